The zero-order chi connectivity index (χ0) is 44.1. The van der Waals surface area contributed by atoms with Crippen molar-refractivity contribution in [3.63, 3.8) is 0 Å². The maximum absolute atomic E-state index is 13.3. The second-order valence-electron chi connectivity index (χ2n) is 18.3. The number of hydrogen-bond donors (Lipinski definition) is 2. The molecule has 2 saturated heterocycles. The fourth-order valence-corrected chi connectivity index (χ4v) is 10.9. The summed E-state index contributed by atoms with van der Waals surface area (Å²) in [6.07, 6.45) is 11.6. The topological polar surface area (TPSA) is 144 Å². The highest BCUT2D eigenvalue weighted by Gasteiger charge is 2.33. The molecule has 2 aliphatic carbocycles. The molecule has 2 N–H and O–H groups in total. The molecular weight excluding hydrogens is 785 g/mol. The van der Waals surface area contributed by atoms with Gasteiger partial charge in [-0.25, -0.2) is 0 Å². The van der Waals surface area contributed by atoms with E-state index < -0.39 is 12.1 Å². The minimum atomic E-state index is -0.988. The molecule has 4 aromatic rings. The van der Waals surface area contributed by atoms with Crippen molar-refractivity contribution in [2.24, 2.45) is 37.8 Å². The summed E-state index contributed by atoms with van der Waals surface area (Å²) in [7, 11) is 4.25. The van der Waals surface area contributed by atoms with Crippen molar-refractivity contribution in [2.75, 3.05) is 52.6 Å². The van der Waals surface area contributed by atoms with E-state index in [1.807, 2.05) is 44.2 Å². The highest BCUT2D eigenvalue weighted by atomic mass is 16.5. The molecule has 0 spiro atoms. The standard InChI is InChI=1S/C27H38N2O4.C23H30N2O4/c1-4-29(17-22(31)8-5-18(2)30)27(32)21-7-10-26-24(16-21)23-15-20(6-9-25(23)28(26)3)19-11-13-33-14-12-19;1-3-25(14-22(26)27)23(28)17-5-7-21-19(13-17)18-12-16(4-6-20(18)24(21)2)15-8-10-29-11-9-15/h7,10,16,18-20,30H,4-6,8-9,11-15,17H2,1-3H3;5,7,13,15-16H,3-4,6,8-12,14H2,1-2H3,(H,26,27)/t18-,20?;/m0./s1. The van der Waals surface area contributed by atoms with Crippen molar-refractivity contribution >= 4 is 45.4 Å². The van der Waals surface area contributed by atoms with E-state index in [-0.39, 0.29) is 30.7 Å². The lowest BCUT2D eigenvalue weighted by molar-refractivity contribution is -0.137. The van der Waals surface area contributed by atoms with E-state index in [9.17, 15) is 24.3 Å². The van der Waals surface area contributed by atoms with Gasteiger partial charge in [-0.2, -0.15) is 0 Å². The van der Waals surface area contributed by atoms with Gasteiger partial charge >= 0.3 is 5.97 Å². The van der Waals surface area contributed by atoms with Crippen LogP contribution in [0, 0.1) is 23.7 Å². The quantitative estimate of drug-likeness (QED) is 0.144. The minimum Gasteiger partial charge on any atom is -0.480 e. The van der Waals surface area contributed by atoms with Crippen molar-refractivity contribution in [1.82, 2.24) is 18.9 Å². The Hall–Kier alpha value is -4.52. The number of carboxylic acid groups (broad SMARTS) is 1. The highest BCUT2D eigenvalue weighted by molar-refractivity contribution is 6.01. The number of aliphatic hydroxyl groups excluding tert-OH is 1. The first-order valence-electron chi connectivity index (χ1n) is 23.2. The third-order valence-electron chi connectivity index (χ3n) is 14.5. The van der Waals surface area contributed by atoms with Crippen LogP contribution in [-0.4, -0.2) is 111 Å². The van der Waals surface area contributed by atoms with Crippen LogP contribution < -0.4 is 0 Å². The van der Waals surface area contributed by atoms with Gasteiger partial charge in [0.05, 0.1) is 12.6 Å². The SMILES string of the molecule is CCN(CC(=O)CC[C@H](C)O)C(=O)c1ccc2c(c1)c1c(n2C)CCC(C2CCOCC2)C1.CCN(CC(=O)O)C(=O)c1ccc2c(c1)c1c(n2C)CCC(C2CCOCC2)C1. The van der Waals surface area contributed by atoms with E-state index in [1.165, 1.54) is 51.2 Å². The molecule has 0 saturated carbocycles. The fourth-order valence-electron chi connectivity index (χ4n) is 10.9. The van der Waals surface area contributed by atoms with Gasteiger partial charge in [-0.3, -0.25) is 19.2 Å². The average Bonchev–Trinajstić information content (AvgIpc) is 3.74. The van der Waals surface area contributed by atoms with Crippen LogP contribution >= 0.6 is 0 Å². The summed E-state index contributed by atoms with van der Waals surface area (Å²) in [5.74, 6) is 1.51. The Labute approximate surface area is 366 Å². The summed E-state index contributed by atoms with van der Waals surface area (Å²) >= 11 is 0. The number of likely N-dealkylation sites (N-methyl/N-ethyl adjacent to an activating group) is 2. The normalized spacial score (nSPS) is 19.9. The molecule has 3 atom stereocenters. The summed E-state index contributed by atoms with van der Waals surface area (Å²) in [5.41, 5.74) is 9.11. The average molecular weight is 853 g/mol. The lowest BCUT2D eigenvalue weighted by atomic mass is 9.75. The number of hydrogen-bond acceptors (Lipinski definition) is 7. The molecule has 4 aliphatic rings. The van der Waals surface area contributed by atoms with E-state index in [0.717, 1.165) is 101 Å². The number of nitrogens with zero attached hydrogens (tertiary/aromatic N) is 4. The molecule has 8 rings (SSSR count). The lowest BCUT2D eigenvalue weighted by Gasteiger charge is -2.33. The number of fused-ring (bicyclic) bond motifs is 6. The zero-order valence-corrected chi connectivity index (χ0v) is 37.6. The largest absolute Gasteiger partial charge is 0.480 e. The van der Waals surface area contributed by atoms with Gasteiger partial charge in [-0.1, -0.05) is 0 Å². The number of aromatic nitrogens is 2. The number of carbonyl (C=O) groups excluding carboxylic acids is 3. The van der Waals surface area contributed by atoms with Crippen LogP contribution in [0.15, 0.2) is 36.4 Å². The van der Waals surface area contributed by atoms with Gasteiger partial charge in [0, 0.05) is 104 Å². The van der Waals surface area contributed by atoms with Crippen LogP contribution in [0.5, 0.6) is 0 Å². The fraction of sp³-hybridized carbons (Fsp3) is 0.600. The van der Waals surface area contributed by atoms with E-state index in [0.29, 0.717) is 48.9 Å². The smallest absolute Gasteiger partial charge is 0.323 e. The third kappa shape index (κ3) is 9.98. The van der Waals surface area contributed by atoms with Crippen molar-refractivity contribution in [3.05, 3.63) is 70.0 Å². The molecule has 0 radical (unpaired) electrons. The molecule has 62 heavy (non-hydrogen) atoms. The van der Waals surface area contributed by atoms with Crippen LogP contribution in [0.1, 0.15) is 115 Å². The Morgan fingerprint density at radius 1 is 0.677 bits per heavy atom. The number of amides is 2. The van der Waals surface area contributed by atoms with Gasteiger partial charge in [0.15, 0.2) is 5.78 Å². The number of ketones is 1. The van der Waals surface area contributed by atoms with E-state index in [2.05, 4.69) is 29.3 Å². The summed E-state index contributed by atoms with van der Waals surface area (Å²) < 4.78 is 15.7. The molecule has 2 aliphatic heterocycles. The Morgan fingerprint density at radius 3 is 1.52 bits per heavy atom. The first-order valence-corrected chi connectivity index (χ1v) is 23.2. The number of ether oxygens (including phenoxy) is 2. The summed E-state index contributed by atoms with van der Waals surface area (Å²) in [6, 6.07) is 11.8. The van der Waals surface area contributed by atoms with Crippen molar-refractivity contribution in [2.45, 2.75) is 104 Å². The summed E-state index contributed by atoms with van der Waals surface area (Å²) in [4.78, 5) is 52.6. The third-order valence-corrected chi connectivity index (χ3v) is 14.5. The van der Waals surface area contributed by atoms with Crippen molar-refractivity contribution < 1.29 is 38.9 Å². The Bertz CT molecular complexity index is 2240. The number of Topliss-reactive ketones (excluding diaryl/α,β-unsaturated/α-hetero) is 1. The molecule has 2 unspecified atom stereocenters. The first kappa shape index (κ1) is 45.5. The Balaban J connectivity index is 0.000000188. The monoisotopic (exact) mass is 853 g/mol. The predicted molar refractivity (Wildman–Crippen MR) is 241 cm³/mol. The lowest BCUT2D eigenvalue weighted by Crippen LogP contribution is -2.35. The first-order chi connectivity index (χ1) is 29.9. The van der Waals surface area contributed by atoms with Crippen LogP contribution in [0.3, 0.4) is 0 Å². The highest BCUT2D eigenvalue weighted by Crippen LogP contribution is 2.41. The molecule has 12 nitrogen and oxygen atoms in total. The molecule has 2 aromatic carbocycles. The van der Waals surface area contributed by atoms with Crippen LogP contribution in [-0.2, 0) is 58.8 Å². The number of aryl methyl sites for hydroxylation is 2. The van der Waals surface area contributed by atoms with Gasteiger partial charge in [-0.05, 0) is 163 Å². The maximum atomic E-state index is 13.3. The van der Waals surface area contributed by atoms with Gasteiger partial charge in [-0.15, -0.1) is 0 Å². The van der Waals surface area contributed by atoms with Crippen molar-refractivity contribution in [1.29, 1.82) is 0 Å². The number of carbonyl (C=O) groups is 4. The van der Waals surface area contributed by atoms with Crippen LogP contribution in [0.25, 0.3) is 21.8 Å². The summed E-state index contributed by atoms with van der Waals surface area (Å²) in [6.45, 7) is 9.58. The maximum Gasteiger partial charge on any atom is 0.323 e. The van der Waals surface area contributed by atoms with Gasteiger partial charge < -0.3 is 38.6 Å². The van der Waals surface area contributed by atoms with Crippen LogP contribution in [0.4, 0.5) is 0 Å². The predicted octanol–water partition coefficient (Wildman–Crippen LogP) is 7.16. The molecular formula is C50H68N4O8. The molecule has 336 valence electrons. The summed E-state index contributed by atoms with van der Waals surface area (Å²) in [5, 5.41) is 20.9. The van der Waals surface area contributed by atoms with E-state index in [4.69, 9.17) is 14.6 Å². The van der Waals surface area contributed by atoms with Gasteiger partial charge in [0.1, 0.15) is 6.54 Å². The number of benzene rings is 2. The molecule has 2 amide bonds. The minimum absolute atomic E-state index is 0.0106. The van der Waals surface area contributed by atoms with Crippen LogP contribution in [0.2, 0.25) is 0 Å². The molecule has 12 heteroatoms. The molecule has 4 heterocycles. The Kier molecular flexibility index (Phi) is 14.9. The second kappa shape index (κ2) is 20.3. The second-order valence-corrected chi connectivity index (χ2v) is 18.3. The van der Waals surface area contributed by atoms with E-state index in [1.54, 1.807) is 11.8 Å². The number of carboxylic acids is 1. The van der Waals surface area contributed by atoms with Crippen molar-refractivity contribution in [3.8, 4) is 0 Å². The number of aliphatic hydroxyl groups is 1. The molecule has 2 fully saturated rings. The Morgan fingerprint density at radius 2 is 1.11 bits per heavy atom. The number of rotatable bonds is 13. The molecule has 0 bridgehead atoms. The zero-order valence-electron chi connectivity index (χ0n) is 37.6. The van der Waals surface area contributed by atoms with Gasteiger partial charge in [0.2, 0.25) is 0 Å². The molecule has 2 aromatic heterocycles. The van der Waals surface area contributed by atoms with Gasteiger partial charge in [0.25, 0.3) is 11.8 Å². The van der Waals surface area contributed by atoms with E-state index >= 15 is 0 Å². The number of aliphatic carboxylic acids is 1.